The number of likely N-dealkylation sites (N-methyl/N-ethyl adjacent to an activating group) is 1. The van der Waals surface area contributed by atoms with Crippen molar-refractivity contribution in [2.75, 3.05) is 36.5 Å². The van der Waals surface area contributed by atoms with Crippen LogP contribution in [-0.4, -0.2) is 48.1 Å². The second-order valence-electron chi connectivity index (χ2n) is 10.9. The van der Waals surface area contributed by atoms with Crippen molar-refractivity contribution in [1.82, 2.24) is 4.90 Å². The third-order valence-corrected chi connectivity index (χ3v) is 7.31. The Morgan fingerprint density at radius 1 is 0.977 bits per heavy atom. The molecule has 1 aliphatic heterocycles. The summed E-state index contributed by atoms with van der Waals surface area (Å²) >= 11 is 0. The zero-order valence-corrected chi connectivity index (χ0v) is 24.7. The predicted octanol–water partition coefficient (Wildman–Crippen LogP) is 5.56. The van der Waals surface area contributed by atoms with Crippen LogP contribution in [0.15, 0.2) is 85.5 Å². The number of ether oxygens (including phenoxy) is 2. The van der Waals surface area contributed by atoms with Crippen LogP contribution in [-0.2, 0) is 25.7 Å². The normalized spacial score (nSPS) is 18.3. The van der Waals surface area contributed by atoms with E-state index in [0.29, 0.717) is 55.7 Å². The van der Waals surface area contributed by atoms with E-state index in [2.05, 4.69) is 22.1 Å². The van der Waals surface area contributed by atoms with Crippen molar-refractivity contribution in [2.24, 2.45) is 0 Å². The molecule has 0 radical (unpaired) electrons. The van der Waals surface area contributed by atoms with E-state index in [1.165, 1.54) is 0 Å². The molecule has 2 amide bonds. The van der Waals surface area contributed by atoms with Gasteiger partial charge in [-0.2, -0.15) is 0 Å². The molecule has 228 valence electrons. The van der Waals surface area contributed by atoms with Crippen LogP contribution >= 0.6 is 0 Å². The van der Waals surface area contributed by atoms with Gasteiger partial charge in [0.15, 0.2) is 6.29 Å². The molecular weight excluding hydrogens is 544 g/mol. The molecule has 1 heterocycles. The molecule has 0 saturated carbocycles. The zero-order valence-electron chi connectivity index (χ0n) is 24.7. The zero-order chi connectivity index (χ0) is 30.6. The van der Waals surface area contributed by atoms with Crippen molar-refractivity contribution < 1.29 is 24.2 Å². The Labute approximate surface area is 253 Å². The van der Waals surface area contributed by atoms with Gasteiger partial charge in [0.1, 0.15) is 0 Å². The molecule has 43 heavy (non-hydrogen) atoms. The minimum atomic E-state index is -0.618. The third kappa shape index (κ3) is 9.76. The van der Waals surface area contributed by atoms with Gasteiger partial charge >= 0.3 is 0 Å². The standard InChI is InChI=1S/C34H42N4O5/c1-3-19-38(2)22-28-21-31(25-17-15-24(23-39)16-18-25)43-34(42-28)26-9-8-10-27(20-26)36-32(40)13-6-7-14-33(41)37-30-12-5-4-11-29(30)35/h3-5,8-12,15-18,20,28,31,34,39H,1,6-7,13-14,19,21-23,35H2,2H3,(H,36,40)(H,37,41). The number of nitrogens with one attached hydrogen (secondary N) is 2. The number of carbonyl (C=O) groups is 2. The summed E-state index contributed by atoms with van der Waals surface area (Å²) in [6.45, 7) is 5.28. The van der Waals surface area contributed by atoms with Gasteiger partial charge in [-0.1, -0.05) is 54.6 Å². The fraction of sp³-hybridized carbons (Fsp3) is 0.353. The smallest absolute Gasteiger partial charge is 0.224 e. The SMILES string of the molecule is C=CCN(C)CC1CC(c2ccc(CO)cc2)OC(c2cccc(NC(=O)CCCCC(=O)Nc3ccccc3N)c2)O1. The van der Waals surface area contributed by atoms with Crippen LogP contribution in [0.1, 0.15) is 61.2 Å². The molecule has 9 heteroatoms. The van der Waals surface area contributed by atoms with E-state index in [1.54, 1.807) is 12.1 Å². The van der Waals surface area contributed by atoms with E-state index in [9.17, 15) is 14.7 Å². The summed E-state index contributed by atoms with van der Waals surface area (Å²) in [4.78, 5) is 27.1. The number of amides is 2. The molecule has 5 N–H and O–H groups in total. The largest absolute Gasteiger partial charge is 0.397 e. The highest BCUT2D eigenvalue weighted by Crippen LogP contribution is 2.38. The lowest BCUT2D eigenvalue weighted by Crippen LogP contribution is -2.37. The molecule has 1 fully saturated rings. The van der Waals surface area contributed by atoms with E-state index < -0.39 is 6.29 Å². The van der Waals surface area contributed by atoms with Crippen molar-refractivity contribution in [2.45, 2.75) is 57.2 Å². The Kier molecular flexibility index (Phi) is 11.9. The second kappa shape index (κ2) is 16.0. The van der Waals surface area contributed by atoms with E-state index in [1.807, 2.05) is 73.8 Å². The van der Waals surface area contributed by atoms with Crippen LogP contribution < -0.4 is 16.4 Å². The van der Waals surface area contributed by atoms with Crippen LogP contribution in [0.5, 0.6) is 0 Å². The number of nitrogens with zero attached hydrogens (tertiary/aromatic N) is 1. The maximum atomic E-state index is 12.7. The van der Waals surface area contributed by atoms with Crippen molar-refractivity contribution in [1.29, 1.82) is 0 Å². The van der Waals surface area contributed by atoms with E-state index in [0.717, 1.165) is 23.2 Å². The fourth-order valence-corrected chi connectivity index (χ4v) is 5.06. The number of nitrogen functional groups attached to an aromatic ring is 1. The van der Waals surface area contributed by atoms with E-state index in [4.69, 9.17) is 15.2 Å². The monoisotopic (exact) mass is 586 g/mol. The molecule has 0 aromatic heterocycles. The number of nitrogens with two attached hydrogens (primary N) is 1. The average Bonchev–Trinajstić information content (AvgIpc) is 3.00. The lowest BCUT2D eigenvalue weighted by Gasteiger charge is -2.37. The van der Waals surface area contributed by atoms with Crippen LogP contribution in [0.25, 0.3) is 0 Å². The highest BCUT2D eigenvalue weighted by molar-refractivity contribution is 5.94. The Hall–Kier alpha value is -4.02. The molecule has 1 saturated heterocycles. The predicted molar refractivity (Wildman–Crippen MR) is 169 cm³/mol. The number of carbonyl (C=O) groups excluding carboxylic acids is 2. The van der Waals surface area contributed by atoms with E-state index in [-0.39, 0.29) is 30.6 Å². The molecule has 1 aliphatic rings. The number of hydrogen-bond acceptors (Lipinski definition) is 7. The number of aliphatic hydroxyl groups excluding tert-OH is 1. The first-order valence-electron chi connectivity index (χ1n) is 14.7. The second-order valence-corrected chi connectivity index (χ2v) is 10.9. The third-order valence-electron chi connectivity index (χ3n) is 7.31. The summed E-state index contributed by atoms with van der Waals surface area (Å²) in [6, 6.07) is 22.4. The number of unbranched alkanes of at least 4 members (excludes halogenated alkanes) is 1. The van der Waals surface area contributed by atoms with Gasteiger partial charge in [-0.15, -0.1) is 6.58 Å². The average molecular weight is 587 g/mol. The Morgan fingerprint density at radius 3 is 2.40 bits per heavy atom. The number of para-hydroxylation sites is 2. The Morgan fingerprint density at radius 2 is 1.70 bits per heavy atom. The molecule has 0 aliphatic carbocycles. The summed E-state index contributed by atoms with van der Waals surface area (Å²) in [5.74, 6) is -0.253. The molecule has 3 aromatic carbocycles. The number of benzene rings is 3. The molecular formula is C34H42N4O5. The quantitative estimate of drug-likeness (QED) is 0.111. The molecule has 4 rings (SSSR count). The molecule has 3 atom stereocenters. The van der Waals surface area contributed by atoms with Crippen LogP contribution in [0, 0.1) is 0 Å². The van der Waals surface area contributed by atoms with Crippen molar-refractivity contribution in [3.63, 3.8) is 0 Å². The van der Waals surface area contributed by atoms with Crippen molar-refractivity contribution in [3.05, 3.63) is 102 Å². The maximum Gasteiger partial charge on any atom is 0.224 e. The number of aliphatic hydroxyl groups is 1. The van der Waals surface area contributed by atoms with Crippen molar-refractivity contribution in [3.8, 4) is 0 Å². The molecule has 0 bridgehead atoms. The molecule has 3 aromatic rings. The van der Waals surface area contributed by atoms with Gasteiger partial charge in [-0.05, 0) is 55.3 Å². The van der Waals surface area contributed by atoms with Gasteiger partial charge < -0.3 is 35.8 Å². The molecule has 3 unspecified atom stereocenters. The topological polar surface area (TPSA) is 126 Å². The minimum Gasteiger partial charge on any atom is -0.397 e. The van der Waals surface area contributed by atoms with Gasteiger partial charge in [0, 0.05) is 43.6 Å². The lowest BCUT2D eigenvalue weighted by atomic mass is 9.99. The number of rotatable bonds is 14. The molecule has 9 nitrogen and oxygen atoms in total. The van der Waals surface area contributed by atoms with E-state index >= 15 is 0 Å². The minimum absolute atomic E-state index is 0.00975. The van der Waals surface area contributed by atoms with Crippen molar-refractivity contribution >= 4 is 28.9 Å². The number of hydrogen-bond donors (Lipinski definition) is 4. The summed E-state index contributed by atoms with van der Waals surface area (Å²) in [5, 5.41) is 15.2. The summed E-state index contributed by atoms with van der Waals surface area (Å²) in [7, 11) is 2.03. The summed E-state index contributed by atoms with van der Waals surface area (Å²) in [5.41, 5.74) is 10.3. The van der Waals surface area contributed by atoms with Gasteiger partial charge in [-0.25, -0.2) is 0 Å². The van der Waals surface area contributed by atoms with Gasteiger partial charge in [-0.3, -0.25) is 9.59 Å². The van der Waals surface area contributed by atoms with Gasteiger partial charge in [0.05, 0.1) is 30.2 Å². The molecule has 0 spiro atoms. The first-order valence-corrected chi connectivity index (χ1v) is 14.7. The number of anilines is 3. The highest BCUT2D eigenvalue weighted by Gasteiger charge is 2.32. The van der Waals surface area contributed by atoms with Gasteiger partial charge in [0.2, 0.25) is 11.8 Å². The van der Waals surface area contributed by atoms with Crippen LogP contribution in [0.3, 0.4) is 0 Å². The first kappa shape index (κ1) is 31.9. The maximum absolute atomic E-state index is 12.7. The lowest BCUT2D eigenvalue weighted by molar-refractivity contribution is -0.252. The Balaban J connectivity index is 1.33. The van der Waals surface area contributed by atoms with Crippen LogP contribution in [0.2, 0.25) is 0 Å². The first-order chi connectivity index (χ1) is 20.8. The fourth-order valence-electron chi connectivity index (χ4n) is 5.06. The summed E-state index contributed by atoms with van der Waals surface area (Å²) < 4.78 is 12.8. The highest BCUT2D eigenvalue weighted by atomic mass is 16.7. The van der Waals surface area contributed by atoms with Gasteiger partial charge in [0.25, 0.3) is 0 Å². The van der Waals surface area contributed by atoms with Crippen LogP contribution in [0.4, 0.5) is 17.1 Å². The summed E-state index contributed by atoms with van der Waals surface area (Å²) in [6.07, 6.45) is 3.42. The Bertz CT molecular complexity index is 1360.